The van der Waals surface area contributed by atoms with E-state index in [4.69, 9.17) is 10.5 Å². The number of hydrogen-bond acceptors (Lipinski definition) is 6. The van der Waals surface area contributed by atoms with E-state index in [9.17, 15) is 4.79 Å². The summed E-state index contributed by atoms with van der Waals surface area (Å²) in [6, 6.07) is 0. The van der Waals surface area contributed by atoms with Gasteiger partial charge in [-0.2, -0.15) is 11.8 Å². The van der Waals surface area contributed by atoms with Crippen LogP contribution in [0.2, 0.25) is 0 Å². The molecular weight excluding hydrogens is 288 g/mol. The second-order valence-corrected chi connectivity index (χ2v) is 6.17. The third kappa shape index (κ3) is 3.91. The van der Waals surface area contributed by atoms with Crippen molar-refractivity contribution in [3.63, 3.8) is 0 Å². The fraction of sp³-hybridized carbons (Fsp3) is 0.714. The van der Waals surface area contributed by atoms with Crippen LogP contribution in [0.1, 0.15) is 30.2 Å². The molecule has 0 spiro atoms. The standard InChI is InChI=1S/C14H24N4O2S/c1-3-11-16-12(14(19)20-4-2)13(15)18(11)6-5-17-7-9-21-10-8-17/h3-10,15H2,1-2H3. The molecule has 0 saturated carbocycles. The van der Waals surface area contributed by atoms with Crippen LogP contribution in [0.5, 0.6) is 0 Å². The van der Waals surface area contributed by atoms with Gasteiger partial charge in [0.2, 0.25) is 0 Å². The van der Waals surface area contributed by atoms with Crippen LogP contribution in [-0.4, -0.2) is 58.2 Å². The van der Waals surface area contributed by atoms with Crippen molar-refractivity contribution < 1.29 is 9.53 Å². The number of carbonyl (C=O) groups is 1. The minimum absolute atomic E-state index is 0.253. The lowest BCUT2D eigenvalue weighted by atomic mass is 10.4. The Morgan fingerprint density at radius 2 is 2.05 bits per heavy atom. The first-order valence-electron chi connectivity index (χ1n) is 7.49. The first-order valence-corrected chi connectivity index (χ1v) is 8.64. The third-order valence-electron chi connectivity index (χ3n) is 3.61. The lowest BCUT2D eigenvalue weighted by Gasteiger charge is -2.26. The van der Waals surface area contributed by atoms with Crippen LogP contribution in [0.15, 0.2) is 0 Å². The highest BCUT2D eigenvalue weighted by molar-refractivity contribution is 7.99. The Labute approximate surface area is 130 Å². The predicted molar refractivity (Wildman–Crippen MR) is 85.7 cm³/mol. The van der Waals surface area contributed by atoms with E-state index in [1.165, 1.54) is 11.5 Å². The summed E-state index contributed by atoms with van der Waals surface area (Å²) in [7, 11) is 0. The van der Waals surface area contributed by atoms with Crippen LogP contribution in [-0.2, 0) is 17.7 Å². The van der Waals surface area contributed by atoms with Crippen molar-refractivity contribution in [3.05, 3.63) is 11.5 Å². The van der Waals surface area contributed by atoms with Gasteiger partial charge in [0.05, 0.1) is 6.61 Å². The summed E-state index contributed by atoms with van der Waals surface area (Å²) in [5, 5.41) is 0. The van der Waals surface area contributed by atoms with Crippen LogP contribution in [0.4, 0.5) is 5.82 Å². The molecule has 0 radical (unpaired) electrons. The summed E-state index contributed by atoms with van der Waals surface area (Å²) < 4.78 is 6.96. The van der Waals surface area contributed by atoms with E-state index in [0.717, 1.165) is 38.4 Å². The molecule has 1 aromatic heterocycles. The predicted octanol–water partition coefficient (Wildman–Crippen LogP) is 1.25. The van der Waals surface area contributed by atoms with E-state index in [-0.39, 0.29) is 5.69 Å². The van der Waals surface area contributed by atoms with E-state index >= 15 is 0 Å². The zero-order valence-corrected chi connectivity index (χ0v) is 13.6. The maximum atomic E-state index is 11.9. The SMILES string of the molecule is CCOC(=O)c1nc(CC)n(CCN2CCSCC2)c1N. The number of thioether (sulfide) groups is 1. The number of ether oxygens (including phenoxy) is 1. The second kappa shape index (κ2) is 7.70. The topological polar surface area (TPSA) is 73.4 Å². The molecular formula is C14H24N4O2S. The zero-order valence-electron chi connectivity index (χ0n) is 12.8. The number of hydrogen-bond donors (Lipinski definition) is 1. The van der Waals surface area contributed by atoms with Crippen LogP contribution in [0.3, 0.4) is 0 Å². The molecule has 21 heavy (non-hydrogen) atoms. The number of nitrogens with zero attached hydrogens (tertiary/aromatic N) is 3. The van der Waals surface area contributed by atoms with Crippen LogP contribution >= 0.6 is 11.8 Å². The number of aromatic nitrogens is 2. The zero-order chi connectivity index (χ0) is 15.2. The number of anilines is 1. The van der Waals surface area contributed by atoms with Gasteiger partial charge in [-0.25, -0.2) is 9.78 Å². The van der Waals surface area contributed by atoms with Crippen LogP contribution < -0.4 is 5.73 Å². The number of aryl methyl sites for hydroxylation is 1. The van der Waals surface area contributed by atoms with Crippen molar-refractivity contribution in [2.75, 3.05) is 43.5 Å². The van der Waals surface area contributed by atoms with Gasteiger partial charge in [0.25, 0.3) is 0 Å². The fourth-order valence-electron chi connectivity index (χ4n) is 2.45. The lowest BCUT2D eigenvalue weighted by Crippen LogP contribution is -2.35. The minimum Gasteiger partial charge on any atom is -0.461 e. The Bertz CT molecular complexity index is 484. The summed E-state index contributed by atoms with van der Waals surface area (Å²) in [5.41, 5.74) is 6.36. The summed E-state index contributed by atoms with van der Waals surface area (Å²) in [5.74, 6) is 3.22. The molecule has 2 heterocycles. The largest absolute Gasteiger partial charge is 0.461 e. The molecule has 2 N–H and O–H groups in total. The Kier molecular flexibility index (Phi) is 5.93. The Morgan fingerprint density at radius 3 is 2.67 bits per heavy atom. The number of nitrogens with two attached hydrogens (primary N) is 1. The molecule has 0 amide bonds. The summed E-state index contributed by atoms with van der Waals surface area (Å²) >= 11 is 2.00. The van der Waals surface area contributed by atoms with Crippen molar-refractivity contribution >= 4 is 23.5 Å². The van der Waals surface area contributed by atoms with Crippen LogP contribution in [0.25, 0.3) is 0 Å². The van der Waals surface area contributed by atoms with Crippen molar-refractivity contribution in [2.45, 2.75) is 26.8 Å². The minimum atomic E-state index is -0.433. The average Bonchev–Trinajstić information content (AvgIpc) is 2.83. The lowest BCUT2D eigenvalue weighted by molar-refractivity contribution is 0.0521. The van der Waals surface area contributed by atoms with Crippen molar-refractivity contribution in [2.24, 2.45) is 0 Å². The third-order valence-corrected chi connectivity index (χ3v) is 4.56. The molecule has 0 bridgehead atoms. The Morgan fingerprint density at radius 1 is 1.33 bits per heavy atom. The number of rotatable bonds is 6. The molecule has 118 valence electrons. The number of imidazole rings is 1. The van der Waals surface area contributed by atoms with Crippen molar-refractivity contribution in [3.8, 4) is 0 Å². The van der Waals surface area contributed by atoms with Gasteiger partial charge < -0.3 is 15.0 Å². The van der Waals surface area contributed by atoms with Gasteiger partial charge in [0.1, 0.15) is 11.6 Å². The second-order valence-electron chi connectivity index (χ2n) is 4.94. The molecule has 1 aromatic rings. The van der Waals surface area contributed by atoms with Gasteiger partial charge in [-0.15, -0.1) is 0 Å². The number of carbonyl (C=O) groups excluding carboxylic acids is 1. The quantitative estimate of drug-likeness (QED) is 0.797. The molecule has 1 aliphatic rings. The summed E-state index contributed by atoms with van der Waals surface area (Å²) in [4.78, 5) is 18.6. The molecule has 1 saturated heterocycles. The molecule has 0 aromatic carbocycles. The number of esters is 1. The van der Waals surface area contributed by atoms with Crippen molar-refractivity contribution in [1.29, 1.82) is 0 Å². The van der Waals surface area contributed by atoms with Crippen molar-refractivity contribution in [1.82, 2.24) is 14.5 Å². The van der Waals surface area contributed by atoms with E-state index in [1.54, 1.807) is 6.92 Å². The van der Waals surface area contributed by atoms with E-state index in [0.29, 0.717) is 12.4 Å². The molecule has 0 atom stereocenters. The highest BCUT2D eigenvalue weighted by Crippen LogP contribution is 2.17. The molecule has 1 aliphatic heterocycles. The summed E-state index contributed by atoms with van der Waals surface area (Å²) in [6.07, 6.45) is 0.749. The van der Waals surface area contributed by atoms with Gasteiger partial charge in [-0.05, 0) is 6.92 Å². The number of nitrogen functional groups attached to an aromatic ring is 1. The van der Waals surface area contributed by atoms with Gasteiger partial charge in [0, 0.05) is 44.1 Å². The molecule has 2 rings (SSSR count). The Hall–Kier alpha value is -1.21. The molecule has 6 nitrogen and oxygen atoms in total. The smallest absolute Gasteiger partial charge is 0.360 e. The van der Waals surface area contributed by atoms with E-state index in [1.807, 2.05) is 23.3 Å². The van der Waals surface area contributed by atoms with E-state index < -0.39 is 5.97 Å². The Balaban J connectivity index is 2.08. The highest BCUT2D eigenvalue weighted by Gasteiger charge is 2.21. The summed E-state index contributed by atoms with van der Waals surface area (Å²) in [6.45, 7) is 8.07. The maximum Gasteiger partial charge on any atom is 0.360 e. The maximum absolute atomic E-state index is 11.9. The molecule has 0 aliphatic carbocycles. The highest BCUT2D eigenvalue weighted by atomic mass is 32.2. The normalized spacial score (nSPS) is 16.1. The van der Waals surface area contributed by atoms with Gasteiger partial charge in [-0.1, -0.05) is 6.92 Å². The fourth-order valence-corrected chi connectivity index (χ4v) is 3.43. The molecule has 1 fully saturated rings. The molecule has 7 heteroatoms. The monoisotopic (exact) mass is 312 g/mol. The van der Waals surface area contributed by atoms with Gasteiger partial charge >= 0.3 is 5.97 Å². The first-order chi connectivity index (χ1) is 10.2. The van der Waals surface area contributed by atoms with Crippen LogP contribution in [0, 0.1) is 0 Å². The molecule has 0 unspecified atom stereocenters. The first kappa shape index (κ1) is 16.2. The average molecular weight is 312 g/mol. The van der Waals surface area contributed by atoms with E-state index in [2.05, 4.69) is 9.88 Å². The van der Waals surface area contributed by atoms with Gasteiger partial charge in [-0.3, -0.25) is 4.90 Å². The van der Waals surface area contributed by atoms with Gasteiger partial charge in [0.15, 0.2) is 5.69 Å².